The molecule has 0 bridgehead atoms. The predicted octanol–water partition coefficient (Wildman–Crippen LogP) is 3.56. The van der Waals surface area contributed by atoms with E-state index in [2.05, 4.69) is 4.98 Å². The van der Waals surface area contributed by atoms with Gasteiger partial charge in [-0.1, -0.05) is 30.7 Å². The number of aliphatic hydroxyl groups is 1. The van der Waals surface area contributed by atoms with Gasteiger partial charge in [0.25, 0.3) is 5.91 Å². The Hall–Kier alpha value is -1.89. The number of aliphatic hydroxyl groups excluding tert-OH is 1. The van der Waals surface area contributed by atoms with E-state index in [0.717, 1.165) is 22.6 Å². The van der Waals surface area contributed by atoms with Crippen molar-refractivity contribution < 1.29 is 9.90 Å². The minimum absolute atomic E-state index is 0.0449. The van der Waals surface area contributed by atoms with Crippen molar-refractivity contribution in [1.29, 1.82) is 0 Å². The molecule has 3 rings (SSSR count). The molecule has 1 amide bonds. The van der Waals surface area contributed by atoms with Crippen molar-refractivity contribution in [1.82, 2.24) is 14.3 Å². The van der Waals surface area contributed by atoms with Crippen LogP contribution in [0.4, 0.5) is 0 Å². The van der Waals surface area contributed by atoms with Crippen molar-refractivity contribution in [2.75, 3.05) is 19.7 Å². The molecule has 0 aliphatic rings. The molecule has 7 heteroatoms. The Labute approximate surface area is 149 Å². The monoisotopic (exact) mass is 363 g/mol. The molecule has 0 aliphatic heterocycles. The van der Waals surface area contributed by atoms with Gasteiger partial charge in [0.15, 0.2) is 4.96 Å². The van der Waals surface area contributed by atoms with Gasteiger partial charge in [0, 0.05) is 35.3 Å². The fourth-order valence-electron chi connectivity index (χ4n) is 2.59. The van der Waals surface area contributed by atoms with Crippen LogP contribution in [0, 0.1) is 0 Å². The maximum Gasteiger partial charge on any atom is 0.271 e. The number of hydrogen-bond acceptors (Lipinski definition) is 4. The maximum atomic E-state index is 12.8. The highest BCUT2D eigenvalue weighted by molar-refractivity contribution is 7.15. The van der Waals surface area contributed by atoms with Crippen LogP contribution in [-0.2, 0) is 0 Å². The van der Waals surface area contributed by atoms with Crippen molar-refractivity contribution in [3.8, 4) is 11.3 Å². The molecule has 2 heterocycles. The van der Waals surface area contributed by atoms with Gasteiger partial charge in [-0.05, 0) is 18.6 Å². The third kappa shape index (κ3) is 3.31. The van der Waals surface area contributed by atoms with Gasteiger partial charge >= 0.3 is 0 Å². The minimum atomic E-state index is -0.0906. The van der Waals surface area contributed by atoms with Gasteiger partial charge in [-0.2, -0.15) is 0 Å². The zero-order valence-electron chi connectivity index (χ0n) is 13.3. The third-order valence-corrected chi connectivity index (χ3v) is 4.77. The number of hydrogen-bond donors (Lipinski definition) is 1. The quantitative estimate of drug-likeness (QED) is 0.728. The van der Waals surface area contributed by atoms with Crippen LogP contribution in [0.5, 0.6) is 0 Å². The van der Waals surface area contributed by atoms with E-state index in [1.54, 1.807) is 4.90 Å². The molecule has 0 radical (unpaired) electrons. The van der Waals surface area contributed by atoms with E-state index in [4.69, 9.17) is 11.6 Å². The standard InChI is InChI=1S/C17H18ClN3O2S/c1-2-6-20(7-8-22)16(23)15-11-24-17-19-14(10-21(15)17)12-4-3-5-13(18)9-12/h3-5,9-11,22H,2,6-8H2,1H3. The lowest BCUT2D eigenvalue weighted by Crippen LogP contribution is -2.34. The lowest BCUT2D eigenvalue weighted by atomic mass is 10.2. The van der Waals surface area contributed by atoms with E-state index in [0.29, 0.717) is 23.8 Å². The van der Waals surface area contributed by atoms with Crippen LogP contribution < -0.4 is 0 Å². The summed E-state index contributed by atoms with van der Waals surface area (Å²) >= 11 is 7.47. The number of carbonyl (C=O) groups excluding carboxylic acids is 1. The van der Waals surface area contributed by atoms with Crippen LogP contribution in [0.15, 0.2) is 35.8 Å². The summed E-state index contributed by atoms with van der Waals surface area (Å²) in [5, 5.41) is 11.6. The smallest absolute Gasteiger partial charge is 0.271 e. The fraction of sp³-hybridized carbons (Fsp3) is 0.294. The van der Waals surface area contributed by atoms with E-state index < -0.39 is 0 Å². The molecule has 3 aromatic rings. The van der Waals surface area contributed by atoms with Crippen molar-refractivity contribution in [2.45, 2.75) is 13.3 Å². The summed E-state index contributed by atoms with van der Waals surface area (Å²) in [7, 11) is 0. The highest BCUT2D eigenvalue weighted by atomic mass is 35.5. The number of aromatic nitrogens is 2. The molecule has 0 unspecified atom stereocenters. The van der Waals surface area contributed by atoms with Crippen LogP contribution in [0.1, 0.15) is 23.8 Å². The third-order valence-electron chi connectivity index (χ3n) is 3.70. The van der Waals surface area contributed by atoms with Gasteiger partial charge in [0.05, 0.1) is 12.3 Å². The first kappa shape index (κ1) is 17.0. The first-order chi connectivity index (χ1) is 11.6. The number of rotatable bonds is 6. The zero-order valence-corrected chi connectivity index (χ0v) is 14.8. The SMILES string of the molecule is CCCN(CCO)C(=O)c1csc2nc(-c3cccc(Cl)c3)cn12. The summed E-state index contributed by atoms with van der Waals surface area (Å²) < 4.78 is 1.81. The highest BCUT2D eigenvalue weighted by Gasteiger charge is 2.20. The van der Waals surface area contributed by atoms with Crippen LogP contribution in [-0.4, -0.2) is 45.0 Å². The average Bonchev–Trinajstić information content (AvgIpc) is 3.14. The number of nitrogens with zero attached hydrogens (tertiary/aromatic N) is 3. The summed E-state index contributed by atoms with van der Waals surface area (Å²) in [6.07, 6.45) is 2.70. The Morgan fingerprint density at radius 3 is 2.96 bits per heavy atom. The van der Waals surface area contributed by atoms with Gasteiger partial charge in [-0.25, -0.2) is 4.98 Å². The Balaban J connectivity index is 1.96. The van der Waals surface area contributed by atoms with Gasteiger partial charge in [-0.15, -0.1) is 11.3 Å². The summed E-state index contributed by atoms with van der Waals surface area (Å²) in [4.78, 5) is 19.8. The molecule has 5 nitrogen and oxygen atoms in total. The number of imidazole rings is 1. The molecule has 2 aromatic heterocycles. The Morgan fingerprint density at radius 2 is 2.25 bits per heavy atom. The van der Waals surface area contributed by atoms with E-state index in [-0.39, 0.29) is 12.5 Å². The normalized spacial score (nSPS) is 11.1. The van der Waals surface area contributed by atoms with E-state index >= 15 is 0 Å². The fourth-order valence-corrected chi connectivity index (χ4v) is 3.63. The number of thiazole rings is 1. The Morgan fingerprint density at radius 1 is 1.42 bits per heavy atom. The Bertz CT molecular complexity index is 853. The molecule has 0 spiro atoms. The second-order valence-electron chi connectivity index (χ2n) is 5.43. The lowest BCUT2D eigenvalue weighted by Gasteiger charge is -2.20. The van der Waals surface area contributed by atoms with Crippen molar-refractivity contribution >= 4 is 33.8 Å². The summed E-state index contributed by atoms with van der Waals surface area (Å²) in [5.74, 6) is -0.0906. The van der Waals surface area contributed by atoms with E-state index in [9.17, 15) is 9.90 Å². The zero-order chi connectivity index (χ0) is 17.1. The largest absolute Gasteiger partial charge is 0.395 e. The molecule has 0 saturated carbocycles. The maximum absolute atomic E-state index is 12.8. The molecule has 1 N–H and O–H groups in total. The number of fused-ring (bicyclic) bond motifs is 1. The van der Waals surface area contributed by atoms with Crippen LogP contribution in [0.25, 0.3) is 16.2 Å². The van der Waals surface area contributed by atoms with Crippen molar-refractivity contribution in [2.24, 2.45) is 0 Å². The number of carbonyl (C=O) groups is 1. The molecule has 24 heavy (non-hydrogen) atoms. The second-order valence-corrected chi connectivity index (χ2v) is 6.70. The summed E-state index contributed by atoms with van der Waals surface area (Å²) in [5.41, 5.74) is 2.26. The molecular formula is C17H18ClN3O2S. The van der Waals surface area contributed by atoms with Gasteiger partial charge < -0.3 is 10.0 Å². The highest BCUT2D eigenvalue weighted by Crippen LogP contribution is 2.26. The van der Waals surface area contributed by atoms with E-state index in [1.165, 1.54) is 11.3 Å². The molecule has 1 aromatic carbocycles. The summed E-state index contributed by atoms with van der Waals surface area (Å²) in [6, 6.07) is 7.48. The van der Waals surface area contributed by atoms with Gasteiger partial charge in [0.1, 0.15) is 5.69 Å². The summed E-state index contributed by atoms with van der Waals surface area (Å²) in [6.45, 7) is 2.92. The first-order valence-corrected chi connectivity index (χ1v) is 9.02. The number of halogens is 1. The second kappa shape index (κ2) is 7.34. The van der Waals surface area contributed by atoms with Gasteiger partial charge in [-0.3, -0.25) is 9.20 Å². The molecular weight excluding hydrogens is 346 g/mol. The molecule has 0 saturated heterocycles. The van der Waals surface area contributed by atoms with Crippen LogP contribution in [0.2, 0.25) is 5.02 Å². The van der Waals surface area contributed by atoms with Crippen LogP contribution in [0.3, 0.4) is 0 Å². The van der Waals surface area contributed by atoms with Crippen LogP contribution >= 0.6 is 22.9 Å². The predicted molar refractivity (Wildman–Crippen MR) is 96.8 cm³/mol. The minimum Gasteiger partial charge on any atom is -0.395 e. The lowest BCUT2D eigenvalue weighted by molar-refractivity contribution is 0.0715. The Kier molecular flexibility index (Phi) is 5.18. The van der Waals surface area contributed by atoms with E-state index in [1.807, 2.05) is 47.2 Å². The average molecular weight is 364 g/mol. The molecule has 0 aliphatic carbocycles. The number of benzene rings is 1. The number of amides is 1. The molecule has 0 atom stereocenters. The molecule has 0 fully saturated rings. The van der Waals surface area contributed by atoms with Gasteiger partial charge in [0.2, 0.25) is 0 Å². The molecule has 126 valence electrons. The topological polar surface area (TPSA) is 57.8 Å². The van der Waals surface area contributed by atoms with Crippen molar-refractivity contribution in [3.05, 3.63) is 46.6 Å². The first-order valence-electron chi connectivity index (χ1n) is 7.76. The van der Waals surface area contributed by atoms with Crippen molar-refractivity contribution in [3.63, 3.8) is 0 Å².